The minimum Gasteiger partial charge on any atom is -0.457 e. The third kappa shape index (κ3) is 7.27. The summed E-state index contributed by atoms with van der Waals surface area (Å²) in [5.74, 6) is 0.241. The van der Waals surface area contributed by atoms with Crippen LogP contribution in [0, 0.1) is 0 Å². The van der Waals surface area contributed by atoms with Gasteiger partial charge >= 0.3 is 0 Å². The zero-order valence-corrected chi connectivity index (χ0v) is 22.9. The van der Waals surface area contributed by atoms with Gasteiger partial charge in [0.05, 0.1) is 21.8 Å². The molecule has 40 heavy (non-hydrogen) atoms. The van der Waals surface area contributed by atoms with E-state index in [4.69, 9.17) is 4.74 Å². The Morgan fingerprint density at radius 1 is 0.775 bits per heavy atom. The molecule has 0 heterocycles. The average Bonchev–Trinajstić information content (AvgIpc) is 2.98. The topological polar surface area (TPSA) is 105 Å². The van der Waals surface area contributed by atoms with Crippen LogP contribution in [0.25, 0.3) is 0 Å². The molecule has 4 aromatic carbocycles. The largest absolute Gasteiger partial charge is 0.457 e. The first-order valence-electron chi connectivity index (χ1n) is 13.0. The number of carbonyl (C=O) groups excluding carboxylic acids is 2. The zero-order chi connectivity index (χ0) is 28.4. The van der Waals surface area contributed by atoms with Crippen molar-refractivity contribution in [2.75, 3.05) is 22.7 Å². The van der Waals surface area contributed by atoms with Crippen molar-refractivity contribution in [3.05, 3.63) is 115 Å². The molecule has 9 heteroatoms. The molecule has 0 aliphatic heterocycles. The standard InChI is InChI=1S/C31H31N3O5S/c1-2-3-22-32-31(36)28-16-10-11-17-29(28)33-30(35)23-34(40(37,38)27-14-8-5-9-15-27)24-18-20-26(21-19-24)39-25-12-6-4-7-13-25/h4-21H,2-3,22-23H2,1H3,(H,32,36)(H,33,35). The molecule has 0 spiro atoms. The van der Waals surface area contributed by atoms with Crippen LogP contribution in [0.4, 0.5) is 11.4 Å². The van der Waals surface area contributed by atoms with Crippen molar-refractivity contribution >= 4 is 33.2 Å². The van der Waals surface area contributed by atoms with Crippen molar-refractivity contribution in [1.82, 2.24) is 5.32 Å². The SMILES string of the molecule is CCCCNC(=O)c1ccccc1NC(=O)CN(c1ccc(Oc2ccccc2)cc1)S(=O)(=O)c1ccccc1. The Morgan fingerprint density at radius 3 is 2.05 bits per heavy atom. The van der Waals surface area contributed by atoms with Crippen LogP contribution >= 0.6 is 0 Å². The molecular weight excluding hydrogens is 526 g/mol. The normalized spacial score (nSPS) is 10.9. The minimum atomic E-state index is -4.10. The summed E-state index contributed by atoms with van der Waals surface area (Å²) in [6.45, 7) is 2.03. The minimum absolute atomic E-state index is 0.0446. The Kier molecular flexibility index (Phi) is 9.53. The van der Waals surface area contributed by atoms with Gasteiger partial charge < -0.3 is 15.4 Å². The van der Waals surface area contributed by atoms with E-state index in [1.807, 2.05) is 37.3 Å². The Balaban J connectivity index is 1.58. The number of hydrogen-bond acceptors (Lipinski definition) is 5. The van der Waals surface area contributed by atoms with Gasteiger partial charge in [-0.25, -0.2) is 8.42 Å². The molecule has 0 unspecified atom stereocenters. The molecule has 8 nitrogen and oxygen atoms in total. The quantitative estimate of drug-likeness (QED) is 0.213. The summed E-state index contributed by atoms with van der Waals surface area (Å²) in [6, 6.07) is 30.2. The molecule has 0 radical (unpaired) electrons. The third-order valence-electron chi connectivity index (χ3n) is 5.98. The Morgan fingerprint density at radius 2 is 1.38 bits per heavy atom. The first-order valence-corrected chi connectivity index (χ1v) is 14.4. The monoisotopic (exact) mass is 557 g/mol. The van der Waals surface area contributed by atoms with Crippen molar-refractivity contribution < 1.29 is 22.7 Å². The molecule has 4 rings (SSSR count). The maximum Gasteiger partial charge on any atom is 0.264 e. The molecule has 0 aliphatic carbocycles. The highest BCUT2D eigenvalue weighted by Gasteiger charge is 2.27. The number of ether oxygens (including phenoxy) is 1. The van der Waals surface area contributed by atoms with E-state index in [2.05, 4.69) is 10.6 Å². The van der Waals surface area contributed by atoms with Crippen LogP contribution in [-0.2, 0) is 14.8 Å². The Labute approximate surface area is 234 Å². The lowest BCUT2D eigenvalue weighted by molar-refractivity contribution is -0.114. The number of carbonyl (C=O) groups is 2. The second kappa shape index (κ2) is 13.4. The summed E-state index contributed by atoms with van der Waals surface area (Å²) < 4.78 is 34.2. The fourth-order valence-electron chi connectivity index (χ4n) is 3.92. The predicted octanol–water partition coefficient (Wildman–Crippen LogP) is 5.84. The molecule has 0 atom stereocenters. The van der Waals surface area contributed by atoms with Gasteiger partial charge in [0.1, 0.15) is 18.0 Å². The third-order valence-corrected chi connectivity index (χ3v) is 7.77. The number of rotatable bonds is 12. The van der Waals surface area contributed by atoms with Crippen LogP contribution in [0.1, 0.15) is 30.1 Å². The van der Waals surface area contributed by atoms with Gasteiger partial charge in [-0.05, 0) is 67.1 Å². The first-order chi connectivity index (χ1) is 19.4. The first kappa shape index (κ1) is 28.4. The highest BCUT2D eigenvalue weighted by Crippen LogP contribution is 2.28. The predicted molar refractivity (Wildman–Crippen MR) is 156 cm³/mol. The van der Waals surface area contributed by atoms with Crippen LogP contribution in [0.5, 0.6) is 11.5 Å². The second-order valence-corrected chi connectivity index (χ2v) is 10.8. The number of benzene rings is 4. The number of amides is 2. The Bertz CT molecular complexity index is 1530. The van der Waals surface area contributed by atoms with E-state index in [1.165, 1.54) is 12.1 Å². The van der Waals surface area contributed by atoms with Crippen LogP contribution in [0.3, 0.4) is 0 Å². The fourth-order valence-corrected chi connectivity index (χ4v) is 5.37. The molecule has 0 saturated heterocycles. The van der Waals surface area contributed by atoms with Gasteiger partial charge in [0.25, 0.3) is 15.9 Å². The number of nitrogens with zero attached hydrogens (tertiary/aromatic N) is 1. The highest BCUT2D eigenvalue weighted by molar-refractivity contribution is 7.92. The summed E-state index contributed by atoms with van der Waals surface area (Å²) in [7, 11) is -4.10. The van der Waals surface area contributed by atoms with E-state index in [-0.39, 0.29) is 16.5 Å². The van der Waals surface area contributed by atoms with Gasteiger partial charge in [0.15, 0.2) is 0 Å². The lowest BCUT2D eigenvalue weighted by atomic mass is 10.1. The summed E-state index contributed by atoms with van der Waals surface area (Å²) in [4.78, 5) is 26.0. The molecule has 206 valence electrons. The molecule has 0 aromatic heterocycles. The average molecular weight is 558 g/mol. The van der Waals surface area contributed by atoms with E-state index >= 15 is 0 Å². The summed E-state index contributed by atoms with van der Waals surface area (Å²) in [5, 5.41) is 5.56. The van der Waals surface area contributed by atoms with E-state index in [0.29, 0.717) is 29.3 Å². The molecule has 4 aromatic rings. The lowest BCUT2D eigenvalue weighted by Crippen LogP contribution is -2.38. The van der Waals surface area contributed by atoms with Gasteiger partial charge in [-0.15, -0.1) is 0 Å². The molecule has 0 fully saturated rings. The van der Waals surface area contributed by atoms with Crippen LogP contribution in [0.15, 0.2) is 114 Å². The summed E-state index contributed by atoms with van der Waals surface area (Å²) in [6.07, 6.45) is 1.77. The molecule has 0 bridgehead atoms. The maximum atomic E-state index is 13.7. The number of para-hydroxylation sites is 2. The highest BCUT2D eigenvalue weighted by atomic mass is 32.2. The second-order valence-electron chi connectivity index (χ2n) is 8.94. The van der Waals surface area contributed by atoms with Crippen molar-refractivity contribution in [1.29, 1.82) is 0 Å². The van der Waals surface area contributed by atoms with Crippen molar-refractivity contribution in [2.45, 2.75) is 24.7 Å². The maximum absolute atomic E-state index is 13.7. The van der Waals surface area contributed by atoms with Crippen LogP contribution in [-0.4, -0.2) is 33.3 Å². The number of unbranched alkanes of at least 4 members (excludes halogenated alkanes) is 1. The number of sulfonamides is 1. The summed E-state index contributed by atoms with van der Waals surface area (Å²) in [5.41, 5.74) is 0.877. The van der Waals surface area contributed by atoms with Gasteiger partial charge in [-0.3, -0.25) is 13.9 Å². The fraction of sp³-hybridized carbons (Fsp3) is 0.161. The van der Waals surface area contributed by atoms with E-state index in [0.717, 1.165) is 17.1 Å². The number of anilines is 2. The smallest absolute Gasteiger partial charge is 0.264 e. The summed E-state index contributed by atoms with van der Waals surface area (Å²) >= 11 is 0. The van der Waals surface area contributed by atoms with Crippen molar-refractivity contribution in [3.8, 4) is 11.5 Å². The van der Waals surface area contributed by atoms with E-state index in [9.17, 15) is 18.0 Å². The van der Waals surface area contributed by atoms with Gasteiger partial charge in [-0.1, -0.05) is 61.9 Å². The molecule has 0 aliphatic rings. The molecular formula is C31H31N3O5S. The molecule has 2 amide bonds. The van der Waals surface area contributed by atoms with Crippen LogP contribution in [0.2, 0.25) is 0 Å². The number of hydrogen-bond donors (Lipinski definition) is 2. The zero-order valence-electron chi connectivity index (χ0n) is 22.1. The number of nitrogens with one attached hydrogen (secondary N) is 2. The van der Waals surface area contributed by atoms with E-state index < -0.39 is 22.5 Å². The van der Waals surface area contributed by atoms with Gasteiger partial charge in [-0.2, -0.15) is 0 Å². The molecule has 2 N–H and O–H groups in total. The Hall–Kier alpha value is -4.63. The lowest BCUT2D eigenvalue weighted by Gasteiger charge is -2.24. The molecule has 0 saturated carbocycles. The van der Waals surface area contributed by atoms with Crippen molar-refractivity contribution in [3.63, 3.8) is 0 Å². The van der Waals surface area contributed by atoms with E-state index in [1.54, 1.807) is 66.7 Å². The van der Waals surface area contributed by atoms with Gasteiger partial charge in [0.2, 0.25) is 5.91 Å². The van der Waals surface area contributed by atoms with Crippen molar-refractivity contribution in [2.24, 2.45) is 0 Å². The van der Waals surface area contributed by atoms with Gasteiger partial charge in [0, 0.05) is 6.54 Å². The van der Waals surface area contributed by atoms with Crippen LogP contribution < -0.4 is 19.7 Å².